The quantitative estimate of drug-likeness (QED) is 0.472. The van der Waals surface area contributed by atoms with Crippen LogP contribution in [0.2, 0.25) is 0 Å². The maximum atomic E-state index is 15.3. The summed E-state index contributed by atoms with van der Waals surface area (Å²) in [5, 5.41) is 12.5. The van der Waals surface area contributed by atoms with Crippen molar-refractivity contribution in [1.82, 2.24) is 5.32 Å². The van der Waals surface area contributed by atoms with E-state index in [9.17, 15) is 14.4 Å². The van der Waals surface area contributed by atoms with Crippen LogP contribution in [-0.4, -0.2) is 36.1 Å². The molecule has 1 saturated heterocycles. The number of nitrogens with zero attached hydrogens (tertiary/aromatic N) is 2. The van der Waals surface area contributed by atoms with Crippen LogP contribution >= 0.6 is 11.8 Å². The molecule has 3 unspecified atom stereocenters. The highest BCUT2D eigenvalue weighted by molar-refractivity contribution is 8.13. The number of rotatable bonds is 6. The van der Waals surface area contributed by atoms with Crippen molar-refractivity contribution < 1.29 is 23.0 Å². The van der Waals surface area contributed by atoms with Crippen LogP contribution in [0.15, 0.2) is 77.8 Å². The van der Waals surface area contributed by atoms with E-state index in [1.807, 2.05) is 36.4 Å². The summed E-state index contributed by atoms with van der Waals surface area (Å²) in [4.78, 5) is 17.6. The number of halogens is 2. The van der Waals surface area contributed by atoms with Crippen molar-refractivity contribution in [2.75, 3.05) is 19.0 Å². The summed E-state index contributed by atoms with van der Waals surface area (Å²) < 4.78 is 41.5. The Bertz CT molecular complexity index is 1380. The normalized spacial score (nSPS) is 22.6. The Morgan fingerprint density at radius 2 is 1.87 bits per heavy atom. The van der Waals surface area contributed by atoms with E-state index < -0.39 is 17.2 Å². The molecule has 0 aliphatic carbocycles. The van der Waals surface area contributed by atoms with E-state index in [-0.39, 0.29) is 35.7 Å². The minimum atomic E-state index is -1.23. The van der Waals surface area contributed by atoms with Crippen molar-refractivity contribution in [3.8, 4) is 6.07 Å². The third-order valence-electron chi connectivity index (χ3n) is 6.80. The lowest BCUT2D eigenvalue weighted by Crippen LogP contribution is -2.52. The predicted molar refractivity (Wildman–Crippen MR) is 140 cm³/mol. The molecule has 38 heavy (non-hydrogen) atoms. The van der Waals surface area contributed by atoms with Crippen LogP contribution in [0.1, 0.15) is 33.5 Å². The highest BCUT2D eigenvalue weighted by atomic mass is 32.2. The van der Waals surface area contributed by atoms with Crippen LogP contribution in [0.5, 0.6) is 0 Å². The molecule has 2 aliphatic heterocycles. The Balaban J connectivity index is 1.41. The average Bonchev–Trinajstić information content (AvgIpc) is 2.94. The predicted octanol–water partition coefficient (Wildman–Crippen LogP) is 5.19. The van der Waals surface area contributed by atoms with Gasteiger partial charge in [-0.3, -0.25) is 4.79 Å². The largest absolute Gasteiger partial charge is 0.374 e. The molecule has 1 amide bonds. The van der Waals surface area contributed by atoms with Gasteiger partial charge in [0.2, 0.25) is 0 Å². The molecule has 0 saturated carbocycles. The molecular formula is C29H25F2N3O3S. The Hall–Kier alpha value is -3.58. The highest BCUT2D eigenvalue weighted by Crippen LogP contribution is 2.47. The van der Waals surface area contributed by atoms with Crippen molar-refractivity contribution in [3.63, 3.8) is 0 Å². The number of amidine groups is 1. The number of aliphatic imine (C=N–C) groups is 1. The number of thioether (sulfide) groups is 1. The zero-order valence-electron chi connectivity index (χ0n) is 20.4. The van der Waals surface area contributed by atoms with Crippen LogP contribution in [0.25, 0.3) is 0 Å². The number of fused-ring (bicyclic) bond motifs is 1. The third kappa shape index (κ3) is 5.48. The number of nitriles is 1. The van der Waals surface area contributed by atoms with Gasteiger partial charge in [-0.25, -0.2) is 13.8 Å². The molecule has 0 radical (unpaired) electrons. The van der Waals surface area contributed by atoms with Crippen LogP contribution in [0.3, 0.4) is 0 Å². The summed E-state index contributed by atoms with van der Waals surface area (Å²) >= 11 is 1.37. The van der Waals surface area contributed by atoms with Crippen LogP contribution < -0.4 is 5.32 Å². The highest BCUT2D eigenvalue weighted by Gasteiger charge is 2.50. The van der Waals surface area contributed by atoms with E-state index in [1.165, 1.54) is 17.8 Å². The molecule has 2 heterocycles. The lowest BCUT2D eigenvalue weighted by Gasteiger charge is -2.46. The molecule has 194 valence electrons. The fourth-order valence-corrected chi connectivity index (χ4v) is 5.97. The molecule has 1 N–H and O–H groups in total. The first-order chi connectivity index (χ1) is 18.5. The smallest absolute Gasteiger partial charge is 0.257 e. The summed E-state index contributed by atoms with van der Waals surface area (Å²) in [7, 11) is 0. The van der Waals surface area contributed by atoms with Gasteiger partial charge >= 0.3 is 0 Å². The van der Waals surface area contributed by atoms with Gasteiger partial charge in [-0.05, 0) is 30.2 Å². The first kappa shape index (κ1) is 26.0. The molecule has 9 heteroatoms. The molecule has 3 aromatic carbocycles. The molecule has 3 atom stereocenters. The van der Waals surface area contributed by atoms with Gasteiger partial charge < -0.3 is 14.8 Å². The third-order valence-corrected chi connectivity index (χ3v) is 7.84. The monoisotopic (exact) mass is 533 g/mol. The lowest BCUT2D eigenvalue weighted by atomic mass is 9.74. The molecule has 1 fully saturated rings. The molecule has 2 aliphatic rings. The van der Waals surface area contributed by atoms with Crippen molar-refractivity contribution >= 4 is 22.8 Å². The average molecular weight is 534 g/mol. The minimum absolute atomic E-state index is 0.00425. The van der Waals surface area contributed by atoms with E-state index in [0.29, 0.717) is 42.2 Å². The lowest BCUT2D eigenvalue weighted by molar-refractivity contribution is -0.0927. The van der Waals surface area contributed by atoms with Gasteiger partial charge in [-0.15, -0.1) is 0 Å². The molecular weight excluding hydrogens is 508 g/mol. The minimum Gasteiger partial charge on any atom is -0.374 e. The fraction of sp³-hybridized carbons (Fsp3) is 0.276. The van der Waals surface area contributed by atoms with Gasteiger partial charge in [0.1, 0.15) is 23.2 Å². The van der Waals surface area contributed by atoms with Gasteiger partial charge in [0.15, 0.2) is 5.17 Å². The van der Waals surface area contributed by atoms with E-state index in [4.69, 9.17) is 14.5 Å². The number of carbonyl (C=O) groups is 1. The van der Waals surface area contributed by atoms with Crippen molar-refractivity contribution in [2.45, 2.75) is 24.7 Å². The maximum absolute atomic E-state index is 15.3. The van der Waals surface area contributed by atoms with Crippen molar-refractivity contribution in [3.05, 3.63) is 107 Å². The van der Waals surface area contributed by atoms with E-state index in [1.54, 1.807) is 30.3 Å². The summed E-state index contributed by atoms with van der Waals surface area (Å²) in [5.74, 6) is -1.76. The number of amides is 1. The first-order valence-corrected chi connectivity index (χ1v) is 13.2. The van der Waals surface area contributed by atoms with Gasteiger partial charge in [0, 0.05) is 28.9 Å². The molecule has 0 spiro atoms. The van der Waals surface area contributed by atoms with Gasteiger partial charge in [-0.2, -0.15) is 5.26 Å². The molecule has 3 aromatic rings. The number of carbonyl (C=O) groups excluding carboxylic acids is 1. The Morgan fingerprint density at radius 1 is 1.13 bits per heavy atom. The van der Waals surface area contributed by atoms with Crippen LogP contribution in [0.4, 0.5) is 8.78 Å². The number of benzene rings is 3. The second-order valence-electron chi connectivity index (χ2n) is 9.26. The first-order valence-electron chi connectivity index (χ1n) is 12.2. The van der Waals surface area contributed by atoms with Gasteiger partial charge in [0.25, 0.3) is 5.91 Å². The molecule has 0 aromatic heterocycles. The second-order valence-corrected chi connectivity index (χ2v) is 10.3. The van der Waals surface area contributed by atoms with Gasteiger partial charge in [0.05, 0.1) is 31.5 Å². The van der Waals surface area contributed by atoms with E-state index in [2.05, 4.69) is 5.32 Å². The maximum Gasteiger partial charge on any atom is 0.257 e. The Kier molecular flexibility index (Phi) is 7.84. The summed E-state index contributed by atoms with van der Waals surface area (Å²) in [6.45, 7) is 0.787. The standard InChI is InChI=1S/C29H25F2N3O3S/c30-25-13-26(31)24(11-21(25)14-32)29-18-37-23(16-36-15-19-7-3-1-4-8-19)12-22(29)17-38-28(34-29)33-27(35)20-9-5-2-6-10-20/h1-11,13,22-23H,12,15-18H2,(H,33,34,35). The molecule has 0 bridgehead atoms. The van der Waals surface area contributed by atoms with Crippen LogP contribution in [0, 0.1) is 28.9 Å². The second kappa shape index (κ2) is 11.4. The zero-order chi connectivity index (χ0) is 26.5. The molecule has 6 nitrogen and oxygen atoms in total. The number of ether oxygens (including phenoxy) is 2. The SMILES string of the molecule is N#Cc1cc(C23COC(COCc4ccccc4)CC2CSC(NC(=O)c2ccccc2)=N3)c(F)cc1F. The van der Waals surface area contributed by atoms with E-state index >= 15 is 4.39 Å². The van der Waals surface area contributed by atoms with Gasteiger partial charge in [-0.1, -0.05) is 60.3 Å². The number of hydrogen-bond donors (Lipinski definition) is 1. The van der Waals surface area contributed by atoms with E-state index in [0.717, 1.165) is 5.56 Å². The topological polar surface area (TPSA) is 83.7 Å². The number of nitrogens with one attached hydrogen (secondary N) is 1. The summed E-state index contributed by atoms with van der Waals surface area (Å²) in [6, 6.07) is 22.2. The summed E-state index contributed by atoms with van der Waals surface area (Å²) in [6.07, 6.45) is 0.274. The van der Waals surface area contributed by atoms with Crippen molar-refractivity contribution in [1.29, 1.82) is 5.26 Å². The fourth-order valence-electron chi connectivity index (χ4n) is 4.81. The Labute approximate surface area is 223 Å². The van der Waals surface area contributed by atoms with Crippen molar-refractivity contribution in [2.24, 2.45) is 10.9 Å². The number of hydrogen-bond acceptors (Lipinski definition) is 6. The summed E-state index contributed by atoms with van der Waals surface area (Å²) in [5.41, 5.74) is 0.0834. The zero-order valence-corrected chi connectivity index (χ0v) is 21.2. The Morgan fingerprint density at radius 3 is 2.61 bits per heavy atom. The molecule has 5 rings (SSSR count). The van der Waals surface area contributed by atoms with Crippen LogP contribution in [-0.2, 0) is 21.6 Å².